The zero-order valence-electron chi connectivity index (χ0n) is 12.7. The molecule has 0 spiro atoms. The molecule has 0 amide bonds. The second kappa shape index (κ2) is 7.63. The highest BCUT2D eigenvalue weighted by Crippen LogP contribution is 2.16. The summed E-state index contributed by atoms with van der Waals surface area (Å²) in [6.07, 6.45) is 4.64. The van der Waals surface area contributed by atoms with Crippen LogP contribution in [0.1, 0.15) is 5.76 Å². The van der Waals surface area contributed by atoms with E-state index < -0.39 is 4.92 Å². The Morgan fingerprint density at radius 2 is 2.00 bits per heavy atom. The largest absolute Gasteiger partial charge is 0.433 e. The predicted molar refractivity (Wildman–Crippen MR) is 89.5 cm³/mol. The summed E-state index contributed by atoms with van der Waals surface area (Å²) in [5, 5.41) is 10.6. The average molecular weight is 329 g/mol. The van der Waals surface area contributed by atoms with E-state index in [2.05, 4.69) is 33.1 Å². The molecule has 0 bridgehead atoms. The number of furan rings is 1. The Labute approximate surface area is 137 Å². The minimum absolute atomic E-state index is 0.00398. The van der Waals surface area contributed by atoms with Crippen molar-refractivity contribution in [2.45, 2.75) is 0 Å². The van der Waals surface area contributed by atoms with Gasteiger partial charge in [0.15, 0.2) is 5.76 Å². The molecule has 2 rings (SSSR count). The molecule has 124 valence electrons. The van der Waals surface area contributed by atoms with Crippen LogP contribution < -0.4 is 10.6 Å². The maximum Gasteiger partial charge on any atom is 0.433 e. The van der Waals surface area contributed by atoms with Gasteiger partial charge in [-0.1, -0.05) is 12.2 Å². The van der Waals surface area contributed by atoms with Crippen LogP contribution in [0.5, 0.6) is 0 Å². The minimum atomic E-state index is -0.640. The van der Waals surface area contributed by atoms with Crippen LogP contribution in [0.4, 0.5) is 23.7 Å². The fourth-order valence-corrected chi connectivity index (χ4v) is 1.75. The van der Waals surface area contributed by atoms with Gasteiger partial charge in [0.2, 0.25) is 11.9 Å². The molecule has 0 radical (unpaired) electrons. The van der Waals surface area contributed by atoms with E-state index in [0.29, 0.717) is 19.0 Å². The number of nitrogens with two attached hydrogens (primary N) is 1. The summed E-state index contributed by atoms with van der Waals surface area (Å²) in [5.74, 6) is 0.178. The van der Waals surface area contributed by atoms with Crippen molar-refractivity contribution in [3.8, 4) is 0 Å². The van der Waals surface area contributed by atoms with Gasteiger partial charge < -0.3 is 15.1 Å². The summed E-state index contributed by atoms with van der Waals surface area (Å²) in [4.78, 5) is 27.8. The second-order valence-electron chi connectivity index (χ2n) is 4.47. The van der Waals surface area contributed by atoms with Gasteiger partial charge in [0.05, 0.1) is 12.3 Å². The first-order chi connectivity index (χ1) is 11.5. The van der Waals surface area contributed by atoms with Gasteiger partial charge in [-0.25, -0.2) is 4.99 Å². The maximum absolute atomic E-state index is 10.6. The molecule has 0 aliphatic carbocycles. The Morgan fingerprint density at radius 1 is 1.29 bits per heavy atom. The van der Waals surface area contributed by atoms with Crippen molar-refractivity contribution >= 4 is 29.9 Å². The molecule has 2 aromatic heterocycles. The van der Waals surface area contributed by atoms with Crippen LogP contribution in [0.2, 0.25) is 0 Å². The number of aromatic nitrogens is 3. The van der Waals surface area contributed by atoms with E-state index >= 15 is 0 Å². The van der Waals surface area contributed by atoms with Crippen molar-refractivity contribution in [3.05, 3.63) is 53.3 Å². The number of hydrogen-bond acceptors (Lipinski definition) is 9. The Balaban J connectivity index is 2.26. The normalized spacial score (nSPS) is 10.7. The number of rotatable bonds is 8. The second-order valence-corrected chi connectivity index (χ2v) is 4.47. The van der Waals surface area contributed by atoms with E-state index in [1.165, 1.54) is 18.3 Å². The van der Waals surface area contributed by atoms with Gasteiger partial charge in [0.25, 0.3) is 5.95 Å². The van der Waals surface area contributed by atoms with Crippen LogP contribution in [0.25, 0.3) is 0 Å². The molecule has 0 fully saturated rings. The number of nitrogen functional groups attached to an aromatic ring is 1. The SMILES string of the molecule is C=CCN(CC=C)c1nc(N)nc(/N=C/c2ccc([N+](=O)[O-])o2)n1. The Hall–Kier alpha value is -3.56. The zero-order chi connectivity index (χ0) is 17.5. The van der Waals surface area contributed by atoms with Gasteiger partial charge >= 0.3 is 5.88 Å². The molecule has 0 aliphatic heterocycles. The first-order valence-electron chi connectivity index (χ1n) is 6.80. The summed E-state index contributed by atoms with van der Waals surface area (Å²) < 4.78 is 4.96. The molecule has 2 heterocycles. The summed E-state index contributed by atoms with van der Waals surface area (Å²) in [7, 11) is 0. The van der Waals surface area contributed by atoms with Crippen LogP contribution in [0.15, 0.2) is 46.9 Å². The first kappa shape index (κ1) is 16.8. The lowest BCUT2D eigenvalue weighted by Gasteiger charge is -2.18. The smallest absolute Gasteiger partial charge is 0.400 e. The van der Waals surface area contributed by atoms with Crippen molar-refractivity contribution in [2.75, 3.05) is 23.7 Å². The number of hydrogen-bond donors (Lipinski definition) is 1. The number of anilines is 2. The molecule has 0 saturated carbocycles. The third kappa shape index (κ3) is 4.22. The highest BCUT2D eigenvalue weighted by Gasteiger charge is 2.12. The zero-order valence-corrected chi connectivity index (χ0v) is 12.7. The van der Waals surface area contributed by atoms with E-state index in [4.69, 9.17) is 10.2 Å². The highest BCUT2D eigenvalue weighted by molar-refractivity contribution is 5.78. The predicted octanol–water partition coefficient (Wildman–Crippen LogP) is 1.88. The standard InChI is InChI=1S/C14H15N7O3/c1-3-7-20(8-4-2)14-18-12(15)17-13(19-14)16-9-10-5-6-11(24-10)21(22)23/h3-6,9H,1-2,7-8H2,(H2,15,17,18,19)/b16-9+. The maximum atomic E-state index is 10.6. The molecule has 0 atom stereocenters. The van der Waals surface area contributed by atoms with E-state index in [9.17, 15) is 10.1 Å². The quantitative estimate of drug-likeness (QED) is 0.335. The molecule has 0 saturated heterocycles. The number of nitro groups is 1. The van der Waals surface area contributed by atoms with Crippen LogP contribution in [-0.4, -0.2) is 39.2 Å². The Kier molecular flexibility index (Phi) is 5.34. The molecular weight excluding hydrogens is 314 g/mol. The monoisotopic (exact) mass is 329 g/mol. The molecule has 10 heteroatoms. The molecule has 0 unspecified atom stereocenters. The Bertz CT molecular complexity index is 774. The lowest BCUT2D eigenvalue weighted by Crippen LogP contribution is -2.25. The number of aliphatic imine (C=N–C) groups is 1. The van der Waals surface area contributed by atoms with Crippen LogP contribution in [-0.2, 0) is 0 Å². The van der Waals surface area contributed by atoms with Crippen LogP contribution in [0, 0.1) is 10.1 Å². The molecule has 10 nitrogen and oxygen atoms in total. The van der Waals surface area contributed by atoms with Gasteiger partial charge in [-0.3, -0.25) is 10.1 Å². The summed E-state index contributed by atoms with van der Waals surface area (Å²) in [5.41, 5.74) is 5.68. The number of nitrogens with zero attached hydrogens (tertiary/aromatic N) is 6. The van der Waals surface area contributed by atoms with Crippen LogP contribution in [0.3, 0.4) is 0 Å². The molecule has 2 aromatic rings. The fraction of sp³-hybridized carbons (Fsp3) is 0.143. The summed E-state index contributed by atoms with van der Waals surface area (Å²) >= 11 is 0. The van der Waals surface area contributed by atoms with E-state index in [0.717, 1.165) is 0 Å². The Morgan fingerprint density at radius 3 is 2.58 bits per heavy atom. The molecule has 24 heavy (non-hydrogen) atoms. The lowest BCUT2D eigenvalue weighted by molar-refractivity contribution is -0.402. The topological polar surface area (TPSA) is 137 Å². The minimum Gasteiger partial charge on any atom is -0.400 e. The van der Waals surface area contributed by atoms with Gasteiger partial charge in [0, 0.05) is 13.1 Å². The summed E-state index contributed by atoms with van der Waals surface area (Å²) in [6, 6.07) is 2.64. The third-order valence-corrected chi connectivity index (χ3v) is 2.71. The van der Waals surface area contributed by atoms with Crippen molar-refractivity contribution in [1.82, 2.24) is 15.0 Å². The molecule has 0 aliphatic rings. The fourth-order valence-electron chi connectivity index (χ4n) is 1.75. The third-order valence-electron chi connectivity index (χ3n) is 2.71. The molecular formula is C14H15N7O3. The highest BCUT2D eigenvalue weighted by atomic mass is 16.6. The van der Waals surface area contributed by atoms with E-state index in [1.54, 1.807) is 17.1 Å². The average Bonchev–Trinajstić information content (AvgIpc) is 3.01. The molecule has 2 N–H and O–H groups in total. The lowest BCUT2D eigenvalue weighted by atomic mass is 10.4. The van der Waals surface area contributed by atoms with Gasteiger partial charge in [0.1, 0.15) is 4.92 Å². The van der Waals surface area contributed by atoms with Gasteiger partial charge in [-0.15, -0.1) is 13.2 Å². The van der Waals surface area contributed by atoms with E-state index in [1.807, 2.05) is 0 Å². The van der Waals surface area contributed by atoms with E-state index in [-0.39, 0.29) is 23.5 Å². The van der Waals surface area contributed by atoms with Crippen molar-refractivity contribution in [3.63, 3.8) is 0 Å². The van der Waals surface area contributed by atoms with Crippen molar-refractivity contribution < 1.29 is 9.34 Å². The van der Waals surface area contributed by atoms with Gasteiger partial charge in [-0.05, 0) is 6.07 Å². The van der Waals surface area contributed by atoms with Crippen molar-refractivity contribution in [2.24, 2.45) is 4.99 Å². The summed E-state index contributed by atoms with van der Waals surface area (Å²) in [6.45, 7) is 8.32. The first-order valence-corrected chi connectivity index (χ1v) is 6.80. The van der Waals surface area contributed by atoms with Crippen molar-refractivity contribution in [1.29, 1.82) is 0 Å². The molecule has 0 aromatic carbocycles. The van der Waals surface area contributed by atoms with Crippen LogP contribution >= 0.6 is 0 Å². The van der Waals surface area contributed by atoms with Gasteiger partial charge in [-0.2, -0.15) is 15.0 Å².